The van der Waals surface area contributed by atoms with E-state index in [9.17, 15) is 28.8 Å². The van der Waals surface area contributed by atoms with E-state index in [1.807, 2.05) is 0 Å². The summed E-state index contributed by atoms with van der Waals surface area (Å²) in [5, 5.41) is 28.2. The fourth-order valence-corrected chi connectivity index (χ4v) is 5.49. The van der Waals surface area contributed by atoms with Crippen molar-refractivity contribution in [2.75, 3.05) is 13.7 Å². The van der Waals surface area contributed by atoms with E-state index in [1.54, 1.807) is 13.8 Å². The van der Waals surface area contributed by atoms with Gasteiger partial charge in [0.05, 0.1) is 12.3 Å². The Bertz CT molecular complexity index is 871. The van der Waals surface area contributed by atoms with Gasteiger partial charge in [-0.05, 0) is 25.5 Å². The van der Waals surface area contributed by atoms with Crippen LogP contribution in [0, 0.1) is 5.41 Å². The van der Waals surface area contributed by atoms with Gasteiger partial charge in [0.2, 0.25) is 0 Å². The first-order valence-corrected chi connectivity index (χ1v) is 12.8. The molecule has 0 aromatic heterocycles. The Hall–Kier alpha value is -0.760. The quantitative estimate of drug-likeness (QED) is 0.145. The number of nitrogens with one attached hydrogen (secondary N) is 1. The van der Waals surface area contributed by atoms with Gasteiger partial charge >= 0.3 is 23.5 Å². The summed E-state index contributed by atoms with van der Waals surface area (Å²) in [6.45, 7) is 5.81. The topological polar surface area (TPSA) is 237 Å². The second-order valence-electron chi connectivity index (χ2n) is 6.37. The van der Waals surface area contributed by atoms with Crippen molar-refractivity contribution in [3.8, 4) is 0 Å². The molecular formula is C13H25N2O13P3. The summed E-state index contributed by atoms with van der Waals surface area (Å²) in [6.07, 6.45) is -4.39. The maximum atomic E-state index is 11.8. The van der Waals surface area contributed by atoms with E-state index in [2.05, 4.69) is 19.7 Å². The van der Waals surface area contributed by atoms with Gasteiger partial charge < -0.3 is 44.8 Å². The third-order valence-corrected chi connectivity index (χ3v) is 8.02. The van der Waals surface area contributed by atoms with Crippen LogP contribution < -0.4 is 0 Å². The summed E-state index contributed by atoms with van der Waals surface area (Å²) >= 11 is 0. The van der Waals surface area contributed by atoms with Crippen LogP contribution in [-0.4, -0.2) is 78.6 Å². The van der Waals surface area contributed by atoms with Gasteiger partial charge in [-0.15, -0.1) is 0 Å². The van der Waals surface area contributed by atoms with Gasteiger partial charge in [-0.1, -0.05) is 6.58 Å². The molecule has 0 bridgehead atoms. The lowest BCUT2D eigenvalue weighted by Crippen LogP contribution is -2.41. The fourth-order valence-electron chi connectivity index (χ4n) is 2.46. The van der Waals surface area contributed by atoms with Gasteiger partial charge in [-0.3, -0.25) is 4.52 Å². The number of aliphatic hydroxyl groups is 2. The van der Waals surface area contributed by atoms with Crippen LogP contribution in [0.15, 0.2) is 23.9 Å². The Labute approximate surface area is 177 Å². The number of phosphoric ester groups is 1. The highest BCUT2D eigenvalue weighted by atomic mass is 31.3. The van der Waals surface area contributed by atoms with Crippen LogP contribution in [0.3, 0.4) is 0 Å². The van der Waals surface area contributed by atoms with Crippen LogP contribution in [0.5, 0.6) is 0 Å². The van der Waals surface area contributed by atoms with Crippen LogP contribution >= 0.6 is 23.5 Å². The van der Waals surface area contributed by atoms with E-state index in [1.165, 1.54) is 18.0 Å². The molecule has 0 amide bonds. The van der Waals surface area contributed by atoms with Crippen molar-refractivity contribution in [2.45, 2.75) is 38.4 Å². The maximum Gasteiger partial charge on any atom is 0.490 e. The Morgan fingerprint density at radius 2 is 1.65 bits per heavy atom. The summed E-state index contributed by atoms with van der Waals surface area (Å²) in [5.74, 6) is 0. The minimum atomic E-state index is -5.69. The highest BCUT2D eigenvalue weighted by molar-refractivity contribution is 7.66. The van der Waals surface area contributed by atoms with Gasteiger partial charge in [0.1, 0.15) is 18.3 Å². The number of ether oxygens (including phenoxy) is 1. The molecule has 1 heterocycles. The molecule has 1 fully saturated rings. The fraction of sp³-hybridized carbons (Fsp3) is 0.615. The molecule has 1 aliphatic heterocycles. The smallest absolute Gasteiger partial charge is 0.387 e. The first kappa shape index (κ1) is 28.3. The molecule has 0 aromatic carbocycles. The van der Waals surface area contributed by atoms with Gasteiger partial charge in [-0.2, -0.15) is 8.62 Å². The second-order valence-corrected chi connectivity index (χ2v) is 10.8. The van der Waals surface area contributed by atoms with E-state index >= 15 is 0 Å². The average Bonchev–Trinajstić information content (AvgIpc) is 2.89. The lowest BCUT2D eigenvalue weighted by atomic mass is 10.1. The van der Waals surface area contributed by atoms with E-state index in [-0.39, 0.29) is 5.71 Å². The van der Waals surface area contributed by atoms with E-state index in [4.69, 9.17) is 24.8 Å². The zero-order valence-electron chi connectivity index (χ0n) is 16.6. The molecule has 1 saturated heterocycles. The van der Waals surface area contributed by atoms with E-state index < -0.39 is 54.6 Å². The Kier molecular flexibility index (Phi) is 9.53. The number of likely N-dealkylation sites (N-methyl/N-ethyl adjacent to an activating group) is 1. The number of hydrogen-bond donors (Lipinski definition) is 7. The normalized spacial score (nSPS) is 28.9. The molecule has 18 heteroatoms. The Morgan fingerprint density at radius 1 is 1.10 bits per heavy atom. The second kappa shape index (κ2) is 10.4. The number of allylic oxidation sites excluding steroid dienone is 3. The van der Waals surface area contributed by atoms with Crippen LogP contribution in [-0.2, 0) is 31.6 Å². The average molecular weight is 510 g/mol. The van der Waals surface area contributed by atoms with Crippen molar-refractivity contribution >= 4 is 29.2 Å². The summed E-state index contributed by atoms with van der Waals surface area (Å²) in [5.41, 5.74) is 1.11. The lowest BCUT2D eigenvalue weighted by Gasteiger charge is -2.30. The molecule has 6 unspecified atom stereocenters. The summed E-state index contributed by atoms with van der Waals surface area (Å²) in [6, 6.07) is 0. The standard InChI is InChI=1S/C13H25N2O13P3/c1-5-9(14)7(2)8(3)15(4)13-12(17)11(16)10(26-13)6-25-30(21,22)28-31(23,24)27-29(18,19)20/h5,10-14,16-17H,1,6H2,2-4H3,(H,21,22)(H,23,24)(H2,18,19,20). The molecule has 31 heavy (non-hydrogen) atoms. The van der Waals surface area contributed by atoms with Crippen molar-refractivity contribution in [1.82, 2.24) is 4.90 Å². The summed E-state index contributed by atoms with van der Waals surface area (Å²) in [4.78, 5) is 37.0. The molecule has 0 radical (unpaired) electrons. The summed E-state index contributed by atoms with van der Waals surface area (Å²) < 4.78 is 50.7. The van der Waals surface area contributed by atoms with Crippen LogP contribution in [0.25, 0.3) is 0 Å². The zero-order chi connectivity index (χ0) is 24.4. The minimum Gasteiger partial charge on any atom is -0.387 e. The number of rotatable bonds is 11. The van der Waals surface area contributed by atoms with Gasteiger partial charge in [-0.25, -0.2) is 13.7 Å². The Morgan fingerprint density at radius 3 is 2.13 bits per heavy atom. The molecule has 0 spiro atoms. The molecule has 0 aliphatic carbocycles. The third kappa shape index (κ3) is 8.26. The van der Waals surface area contributed by atoms with Crippen molar-refractivity contribution in [1.29, 1.82) is 5.41 Å². The molecular weight excluding hydrogens is 485 g/mol. The third-order valence-electron chi connectivity index (χ3n) is 4.22. The molecule has 1 aliphatic rings. The highest BCUT2D eigenvalue weighted by Gasteiger charge is 2.47. The number of nitrogens with zero attached hydrogens (tertiary/aromatic N) is 1. The minimum absolute atomic E-state index is 0.113. The highest BCUT2D eigenvalue weighted by Crippen LogP contribution is 2.66. The molecule has 7 N–H and O–H groups in total. The van der Waals surface area contributed by atoms with Crippen LogP contribution in [0.1, 0.15) is 13.8 Å². The summed E-state index contributed by atoms with van der Waals surface area (Å²) in [7, 11) is -15.1. The van der Waals surface area contributed by atoms with Crippen LogP contribution in [0.4, 0.5) is 0 Å². The van der Waals surface area contributed by atoms with E-state index in [0.29, 0.717) is 11.3 Å². The predicted octanol–water partition coefficient (Wildman–Crippen LogP) is 0.208. The molecule has 15 nitrogen and oxygen atoms in total. The predicted molar refractivity (Wildman–Crippen MR) is 105 cm³/mol. The Balaban J connectivity index is 2.85. The van der Waals surface area contributed by atoms with E-state index in [0.717, 1.165) is 0 Å². The van der Waals surface area contributed by atoms with Crippen molar-refractivity contribution < 1.29 is 61.4 Å². The van der Waals surface area contributed by atoms with Gasteiger partial charge in [0, 0.05) is 12.7 Å². The zero-order valence-corrected chi connectivity index (χ0v) is 19.3. The van der Waals surface area contributed by atoms with Crippen LogP contribution in [0.2, 0.25) is 0 Å². The number of hydrogen-bond acceptors (Lipinski definition) is 11. The first-order valence-electron chi connectivity index (χ1n) is 8.32. The maximum absolute atomic E-state index is 11.8. The molecule has 180 valence electrons. The first-order chi connectivity index (χ1) is 13.9. The van der Waals surface area contributed by atoms with Crippen molar-refractivity contribution in [3.63, 3.8) is 0 Å². The van der Waals surface area contributed by atoms with Gasteiger partial charge in [0.25, 0.3) is 0 Å². The van der Waals surface area contributed by atoms with Gasteiger partial charge in [0.15, 0.2) is 6.23 Å². The monoisotopic (exact) mass is 510 g/mol. The molecule has 6 atom stereocenters. The molecule has 0 saturated carbocycles. The van der Waals surface area contributed by atoms with Crippen molar-refractivity contribution in [3.05, 3.63) is 23.9 Å². The largest absolute Gasteiger partial charge is 0.490 e. The lowest BCUT2D eigenvalue weighted by molar-refractivity contribution is -0.0752. The number of aliphatic hydroxyl groups excluding tert-OH is 2. The SMILES string of the molecule is C=CC(=N)C(C)=C(C)N(C)C1OC(COP(=O)(O)OP(=O)(O)OP(=O)(O)O)C(O)C1O. The molecule has 1 rings (SSSR count). The molecule has 0 aromatic rings. The van der Waals surface area contributed by atoms with Crippen molar-refractivity contribution in [2.24, 2.45) is 0 Å². The number of phosphoric acid groups is 3.